The molecule has 1 amide bonds. The number of unbranched alkanes of at least 4 members (excludes halogenated alkanes) is 1. The van der Waals surface area contributed by atoms with Gasteiger partial charge in [-0.3, -0.25) is 4.79 Å². The lowest BCUT2D eigenvalue weighted by Gasteiger charge is -2.17. The van der Waals surface area contributed by atoms with Gasteiger partial charge in [-0.05, 0) is 42.8 Å². The Morgan fingerprint density at radius 1 is 0.963 bits per heavy atom. The molecule has 0 radical (unpaired) electrons. The number of carbonyl (C=O) groups excluding carboxylic acids is 1. The van der Waals surface area contributed by atoms with E-state index in [1.54, 1.807) is 4.90 Å². The first-order chi connectivity index (χ1) is 13.2. The van der Waals surface area contributed by atoms with Gasteiger partial charge in [0.2, 0.25) is 0 Å². The third-order valence-electron chi connectivity index (χ3n) is 4.33. The number of nitrogens with one attached hydrogen (secondary N) is 1. The van der Waals surface area contributed by atoms with Crippen molar-refractivity contribution < 1.29 is 4.79 Å². The van der Waals surface area contributed by atoms with Crippen LogP contribution in [0.15, 0.2) is 66.7 Å². The van der Waals surface area contributed by atoms with Crippen molar-refractivity contribution in [3.63, 3.8) is 0 Å². The molecule has 1 heterocycles. The summed E-state index contributed by atoms with van der Waals surface area (Å²) >= 11 is 0. The first-order valence-corrected chi connectivity index (χ1v) is 9.19. The van der Waals surface area contributed by atoms with E-state index in [9.17, 15) is 4.79 Å². The van der Waals surface area contributed by atoms with E-state index in [1.165, 1.54) is 0 Å². The summed E-state index contributed by atoms with van der Waals surface area (Å²) in [6.07, 6.45) is 2.09. The van der Waals surface area contributed by atoms with Crippen molar-refractivity contribution in [2.24, 2.45) is 0 Å². The summed E-state index contributed by atoms with van der Waals surface area (Å²) < 4.78 is 0. The zero-order valence-electron chi connectivity index (χ0n) is 15.7. The van der Waals surface area contributed by atoms with Crippen LogP contribution in [-0.2, 0) is 0 Å². The van der Waals surface area contributed by atoms with Crippen molar-refractivity contribution in [1.82, 2.24) is 15.1 Å². The number of carbonyl (C=O) groups is 1. The predicted octanol–water partition coefficient (Wildman–Crippen LogP) is 4.76. The summed E-state index contributed by atoms with van der Waals surface area (Å²) in [5.74, 6) is 0.704. The fourth-order valence-corrected chi connectivity index (χ4v) is 2.72. The molecular weight excluding hydrogens is 336 g/mol. The van der Waals surface area contributed by atoms with Crippen molar-refractivity contribution in [1.29, 1.82) is 0 Å². The lowest BCUT2D eigenvalue weighted by Crippen LogP contribution is -2.27. The number of hydrogen-bond donors (Lipinski definition) is 1. The van der Waals surface area contributed by atoms with Crippen LogP contribution in [0.1, 0.15) is 30.1 Å². The fraction of sp³-hybridized carbons (Fsp3) is 0.227. The summed E-state index contributed by atoms with van der Waals surface area (Å²) in [5.41, 5.74) is 3.41. The molecule has 1 N–H and O–H groups in total. The Morgan fingerprint density at radius 3 is 2.33 bits per heavy atom. The van der Waals surface area contributed by atoms with Crippen LogP contribution in [0.25, 0.3) is 11.3 Å². The third-order valence-corrected chi connectivity index (χ3v) is 4.33. The van der Waals surface area contributed by atoms with Gasteiger partial charge < -0.3 is 10.2 Å². The van der Waals surface area contributed by atoms with E-state index >= 15 is 0 Å². The number of amides is 1. The van der Waals surface area contributed by atoms with E-state index in [-0.39, 0.29) is 5.91 Å². The number of benzene rings is 2. The number of anilines is 2. The Labute approximate surface area is 160 Å². The van der Waals surface area contributed by atoms with Gasteiger partial charge in [0.05, 0.1) is 5.69 Å². The van der Waals surface area contributed by atoms with E-state index in [2.05, 4.69) is 22.4 Å². The summed E-state index contributed by atoms with van der Waals surface area (Å²) in [6, 6.07) is 21.2. The SMILES string of the molecule is CCCCN(C)C(=O)c1ccc(Nc2ccc(-c3ccccc3)nn2)cc1. The third kappa shape index (κ3) is 4.91. The predicted molar refractivity (Wildman–Crippen MR) is 109 cm³/mol. The molecule has 138 valence electrons. The molecule has 5 nitrogen and oxygen atoms in total. The highest BCUT2D eigenvalue weighted by Crippen LogP contribution is 2.19. The Kier molecular flexibility index (Phi) is 6.15. The van der Waals surface area contributed by atoms with Crippen LogP contribution in [0.2, 0.25) is 0 Å². The van der Waals surface area contributed by atoms with E-state index in [1.807, 2.05) is 73.8 Å². The van der Waals surface area contributed by atoms with E-state index < -0.39 is 0 Å². The zero-order chi connectivity index (χ0) is 19.1. The zero-order valence-corrected chi connectivity index (χ0v) is 15.7. The molecule has 0 unspecified atom stereocenters. The number of nitrogens with zero attached hydrogens (tertiary/aromatic N) is 3. The van der Waals surface area contributed by atoms with E-state index in [0.717, 1.165) is 36.3 Å². The molecule has 5 heteroatoms. The van der Waals surface area contributed by atoms with Crippen molar-refractivity contribution in [2.45, 2.75) is 19.8 Å². The Morgan fingerprint density at radius 2 is 1.70 bits per heavy atom. The van der Waals surface area contributed by atoms with Crippen molar-refractivity contribution in [3.05, 3.63) is 72.3 Å². The summed E-state index contributed by atoms with van der Waals surface area (Å²) in [5, 5.41) is 11.7. The molecule has 0 saturated carbocycles. The smallest absolute Gasteiger partial charge is 0.253 e. The van der Waals surface area contributed by atoms with Gasteiger partial charge in [0.25, 0.3) is 5.91 Å². The number of aromatic nitrogens is 2. The van der Waals surface area contributed by atoms with Crippen molar-refractivity contribution >= 4 is 17.4 Å². The van der Waals surface area contributed by atoms with Crippen LogP contribution in [0.5, 0.6) is 0 Å². The molecule has 0 bridgehead atoms. The van der Waals surface area contributed by atoms with E-state index in [0.29, 0.717) is 11.4 Å². The molecule has 27 heavy (non-hydrogen) atoms. The first kappa shape index (κ1) is 18.6. The van der Waals surface area contributed by atoms with Crippen LogP contribution >= 0.6 is 0 Å². The molecule has 2 aromatic carbocycles. The summed E-state index contributed by atoms with van der Waals surface area (Å²) in [4.78, 5) is 14.1. The van der Waals surface area contributed by atoms with Crippen LogP contribution in [-0.4, -0.2) is 34.6 Å². The molecular formula is C22H24N4O. The standard InChI is InChI=1S/C22H24N4O/c1-3-4-16-26(2)22(27)18-10-12-19(13-11-18)23-21-15-14-20(24-25-21)17-8-6-5-7-9-17/h5-15H,3-4,16H2,1-2H3,(H,23,25). The summed E-state index contributed by atoms with van der Waals surface area (Å²) in [6.45, 7) is 2.90. The van der Waals surface area contributed by atoms with Crippen LogP contribution in [0.3, 0.4) is 0 Å². The monoisotopic (exact) mass is 360 g/mol. The van der Waals surface area contributed by atoms with Gasteiger partial charge >= 0.3 is 0 Å². The van der Waals surface area contributed by atoms with Crippen LogP contribution < -0.4 is 5.32 Å². The Hall–Kier alpha value is -3.21. The highest BCUT2D eigenvalue weighted by Gasteiger charge is 2.11. The average molecular weight is 360 g/mol. The van der Waals surface area contributed by atoms with Gasteiger partial charge in [0, 0.05) is 30.4 Å². The second-order valence-electron chi connectivity index (χ2n) is 6.45. The molecule has 0 aliphatic carbocycles. The largest absolute Gasteiger partial charge is 0.342 e. The molecule has 0 aliphatic heterocycles. The minimum atomic E-state index is 0.0435. The second-order valence-corrected chi connectivity index (χ2v) is 6.45. The molecule has 0 spiro atoms. The summed E-state index contributed by atoms with van der Waals surface area (Å²) in [7, 11) is 1.84. The number of hydrogen-bond acceptors (Lipinski definition) is 4. The lowest BCUT2D eigenvalue weighted by atomic mass is 10.1. The van der Waals surface area contributed by atoms with E-state index in [4.69, 9.17) is 0 Å². The maximum Gasteiger partial charge on any atom is 0.253 e. The molecule has 0 saturated heterocycles. The highest BCUT2D eigenvalue weighted by atomic mass is 16.2. The highest BCUT2D eigenvalue weighted by molar-refractivity contribution is 5.94. The fourth-order valence-electron chi connectivity index (χ4n) is 2.72. The minimum Gasteiger partial charge on any atom is -0.342 e. The minimum absolute atomic E-state index is 0.0435. The average Bonchev–Trinajstić information content (AvgIpc) is 2.73. The van der Waals surface area contributed by atoms with Crippen molar-refractivity contribution in [3.8, 4) is 11.3 Å². The molecule has 3 aromatic rings. The van der Waals surface area contributed by atoms with Gasteiger partial charge in [-0.1, -0.05) is 43.7 Å². The normalized spacial score (nSPS) is 10.4. The molecule has 3 rings (SSSR count). The Bertz CT molecular complexity index is 861. The van der Waals surface area contributed by atoms with Gasteiger partial charge in [-0.2, -0.15) is 0 Å². The van der Waals surface area contributed by atoms with Gasteiger partial charge in [-0.25, -0.2) is 0 Å². The quantitative estimate of drug-likeness (QED) is 0.660. The molecule has 0 atom stereocenters. The molecule has 0 aliphatic rings. The number of rotatable bonds is 7. The van der Waals surface area contributed by atoms with Crippen LogP contribution in [0, 0.1) is 0 Å². The van der Waals surface area contributed by atoms with Gasteiger partial charge in [0.1, 0.15) is 0 Å². The second kappa shape index (κ2) is 8.94. The maximum atomic E-state index is 12.4. The lowest BCUT2D eigenvalue weighted by molar-refractivity contribution is 0.0793. The van der Waals surface area contributed by atoms with Gasteiger partial charge in [-0.15, -0.1) is 10.2 Å². The molecule has 1 aromatic heterocycles. The van der Waals surface area contributed by atoms with Crippen LogP contribution in [0.4, 0.5) is 11.5 Å². The van der Waals surface area contributed by atoms with Gasteiger partial charge in [0.15, 0.2) is 5.82 Å². The molecule has 0 fully saturated rings. The Balaban J connectivity index is 1.64. The van der Waals surface area contributed by atoms with Crippen molar-refractivity contribution in [2.75, 3.05) is 18.9 Å². The topological polar surface area (TPSA) is 58.1 Å². The maximum absolute atomic E-state index is 12.4. The first-order valence-electron chi connectivity index (χ1n) is 9.19.